The Kier molecular flexibility index (Phi) is 9.14. The average molecular weight is 521 g/mol. The van der Waals surface area contributed by atoms with Gasteiger partial charge in [-0.25, -0.2) is 18.0 Å². The number of hydrogen-bond acceptors (Lipinski definition) is 3. The number of carbonyl (C=O) groups excluding carboxylic acids is 1. The number of hydrogen-bond donors (Lipinski definition) is 0. The number of ether oxygens (including phenoxy) is 2. The molecule has 4 rings (SSSR count). The van der Waals surface area contributed by atoms with E-state index in [4.69, 9.17) is 9.47 Å². The summed E-state index contributed by atoms with van der Waals surface area (Å²) in [5.41, 5.74) is 0.211. The zero-order valence-corrected chi connectivity index (χ0v) is 21.6. The van der Waals surface area contributed by atoms with Crippen molar-refractivity contribution in [1.29, 1.82) is 0 Å². The number of unbranched alkanes of at least 4 members (excludes halogenated alkanes) is 1. The maximum atomic E-state index is 14.8. The Labute approximate surface area is 216 Å². The molecule has 0 spiro atoms. The Morgan fingerprint density at radius 2 is 1.35 bits per heavy atom. The maximum absolute atomic E-state index is 14.8. The van der Waals surface area contributed by atoms with Crippen LogP contribution in [0.1, 0.15) is 111 Å². The van der Waals surface area contributed by atoms with Crippen molar-refractivity contribution in [3.8, 4) is 5.75 Å². The van der Waals surface area contributed by atoms with Gasteiger partial charge in [-0.1, -0.05) is 45.2 Å². The van der Waals surface area contributed by atoms with E-state index >= 15 is 0 Å². The van der Waals surface area contributed by atoms with Crippen molar-refractivity contribution in [3.05, 3.63) is 64.2 Å². The normalized spacial score (nSPS) is 24.1. The standard InChI is InChI=1S/C30H36F4O3/c1-3-4-17-36-25-16-15-23(27(32)29(25)34)20-9-11-21(12-10-20)37-30(35)24-14-13-22(26(31)28(24)33)19-7-5-18(2)6-8-19/h13-16,18-21H,3-12,17H2,1-2H3. The van der Waals surface area contributed by atoms with Crippen molar-refractivity contribution >= 4 is 5.97 Å². The second-order valence-electron chi connectivity index (χ2n) is 10.6. The van der Waals surface area contributed by atoms with Crippen LogP contribution in [0.3, 0.4) is 0 Å². The van der Waals surface area contributed by atoms with Gasteiger partial charge in [0.1, 0.15) is 6.10 Å². The molecular formula is C30H36F4O3. The van der Waals surface area contributed by atoms with Gasteiger partial charge in [-0.3, -0.25) is 0 Å². The minimum atomic E-state index is -1.16. The molecule has 0 saturated heterocycles. The van der Waals surface area contributed by atoms with Gasteiger partial charge in [0.05, 0.1) is 12.2 Å². The number of esters is 1. The minimum absolute atomic E-state index is 0.0340. The number of carbonyl (C=O) groups is 1. The fourth-order valence-corrected chi connectivity index (χ4v) is 5.61. The van der Waals surface area contributed by atoms with Crippen LogP contribution in [-0.2, 0) is 4.74 Å². The van der Waals surface area contributed by atoms with E-state index in [1.165, 1.54) is 18.2 Å². The fraction of sp³-hybridized carbons (Fsp3) is 0.567. The number of halogens is 4. The number of benzene rings is 2. The zero-order chi connectivity index (χ0) is 26.5. The maximum Gasteiger partial charge on any atom is 0.341 e. The molecule has 0 radical (unpaired) electrons. The molecule has 0 unspecified atom stereocenters. The van der Waals surface area contributed by atoms with Crippen LogP contribution in [0.2, 0.25) is 0 Å². The summed E-state index contributed by atoms with van der Waals surface area (Å²) in [6.07, 6.45) is 6.55. The Balaban J connectivity index is 1.34. The largest absolute Gasteiger partial charge is 0.490 e. The monoisotopic (exact) mass is 520 g/mol. The molecule has 0 amide bonds. The summed E-state index contributed by atoms with van der Waals surface area (Å²) >= 11 is 0. The van der Waals surface area contributed by atoms with Crippen LogP contribution < -0.4 is 4.74 Å². The molecule has 0 aromatic heterocycles. The lowest BCUT2D eigenvalue weighted by atomic mass is 9.79. The van der Waals surface area contributed by atoms with E-state index in [1.807, 2.05) is 6.92 Å². The Morgan fingerprint density at radius 3 is 1.97 bits per heavy atom. The lowest BCUT2D eigenvalue weighted by Crippen LogP contribution is -2.25. The topological polar surface area (TPSA) is 35.5 Å². The molecule has 2 fully saturated rings. The van der Waals surface area contributed by atoms with Crippen molar-refractivity contribution in [3.63, 3.8) is 0 Å². The summed E-state index contributed by atoms with van der Waals surface area (Å²) in [7, 11) is 0. The van der Waals surface area contributed by atoms with Crippen molar-refractivity contribution in [2.45, 2.75) is 96.0 Å². The van der Waals surface area contributed by atoms with E-state index in [9.17, 15) is 22.4 Å². The molecular weight excluding hydrogens is 484 g/mol. The van der Waals surface area contributed by atoms with Crippen LogP contribution in [0.4, 0.5) is 17.6 Å². The predicted octanol–water partition coefficient (Wildman–Crippen LogP) is 8.60. The molecule has 2 aliphatic rings. The van der Waals surface area contributed by atoms with Gasteiger partial charge in [0, 0.05) is 0 Å². The average Bonchev–Trinajstić information content (AvgIpc) is 2.89. The third-order valence-electron chi connectivity index (χ3n) is 8.01. The highest BCUT2D eigenvalue weighted by molar-refractivity contribution is 5.90. The molecule has 2 saturated carbocycles. The second-order valence-corrected chi connectivity index (χ2v) is 10.6. The second kappa shape index (κ2) is 12.3. The van der Waals surface area contributed by atoms with E-state index < -0.39 is 40.9 Å². The van der Waals surface area contributed by atoms with Crippen LogP contribution >= 0.6 is 0 Å². The van der Waals surface area contributed by atoms with Gasteiger partial charge >= 0.3 is 5.97 Å². The first-order chi connectivity index (χ1) is 17.8. The molecule has 0 atom stereocenters. The van der Waals surface area contributed by atoms with Crippen LogP contribution in [-0.4, -0.2) is 18.7 Å². The van der Waals surface area contributed by atoms with Crippen molar-refractivity contribution in [2.24, 2.45) is 5.92 Å². The predicted molar refractivity (Wildman–Crippen MR) is 134 cm³/mol. The molecule has 2 aliphatic carbocycles. The Bertz CT molecular complexity index is 1090. The molecule has 0 N–H and O–H groups in total. The highest BCUT2D eigenvalue weighted by atomic mass is 19.2. The molecule has 2 aromatic rings. The minimum Gasteiger partial charge on any atom is -0.490 e. The summed E-state index contributed by atoms with van der Waals surface area (Å²) in [5, 5.41) is 0. The Hall–Kier alpha value is -2.57. The smallest absolute Gasteiger partial charge is 0.341 e. The zero-order valence-electron chi connectivity index (χ0n) is 21.6. The molecule has 202 valence electrons. The van der Waals surface area contributed by atoms with E-state index in [2.05, 4.69) is 6.92 Å². The van der Waals surface area contributed by atoms with Crippen LogP contribution in [0, 0.1) is 29.2 Å². The van der Waals surface area contributed by atoms with E-state index in [0.29, 0.717) is 43.8 Å². The summed E-state index contributed by atoms with van der Waals surface area (Å²) in [4.78, 5) is 12.7. The highest BCUT2D eigenvalue weighted by Gasteiger charge is 2.31. The molecule has 0 aliphatic heterocycles. The van der Waals surface area contributed by atoms with E-state index in [1.54, 1.807) is 6.07 Å². The summed E-state index contributed by atoms with van der Waals surface area (Å²) < 4.78 is 69.7. The molecule has 7 heteroatoms. The quantitative estimate of drug-likeness (QED) is 0.199. The first-order valence-corrected chi connectivity index (χ1v) is 13.6. The highest BCUT2D eigenvalue weighted by Crippen LogP contribution is 2.39. The van der Waals surface area contributed by atoms with E-state index in [0.717, 1.165) is 38.5 Å². The molecule has 3 nitrogen and oxygen atoms in total. The van der Waals surface area contributed by atoms with Gasteiger partial charge in [-0.15, -0.1) is 0 Å². The summed E-state index contributed by atoms with van der Waals surface area (Å²) in [6, 6.07) is 5.86. The first-order valence-electron chi connectivity index (χ1n) is 13.6. The van der Waals surface area contributed by atoms with Crippen molar-refractivity contribution in [2.75, 3.05) is 6.61 Å². The van der Waals surface area contributed by atoms with E-state index in [-0.39, 0.29) is 23.1 Å². The SMILES string of the molecule is CCCCOc1ccc(C2CCC(OC(=O)c3ccc(C4CCC(C)CC4)c(F)c3F)CC2)c(F)c1F. The van der Waals surface area contributed by atoms with Crippen LogP contribution in [0.5, 0.6) is 5.75 Å². The van der Waals surface area contributed by atoms with Crippen LogP contribution in [0.15, 0.2) is 24.3 Å². The van der Waals surface area contributed by atoms with Gasteiger partial charge < -0.3 is 9.47 Å². The summed E-state index contributed by atoms with van der Waals surface area (Å²) in [5.74, 6) is -4.65. The lowest BCUT2D eigenvalue weighted by Gasteiger charge is -2.29. The molecule has 0 heterocycles. The van der Waals surface area contributed by atoms with Gasteiger partial charge in [-0.2, -0.15) is 4.39 Å². The molecule has 37 heavy (non-hydrogen) atoms. The molecule has 0 bridgehead atoms. The van der Waals surface area contributed by atoms with Gasteiger partial charge in [0.15, 0.2) is 23.2 Å². The van der Waals surface area contributed by atoms with Crippen molar-refractivity contribution in [1.82, 2.24) is 0 Å². The lowest BCUT2D eigenvalue weighted by molar-refractivity contribution is 0.0188. The van der Waals surface area contributed by atoms with Crippen molar-refractivity contribution < 1.29 is 31.8 Å². The van der Waals surface area contributed by atoms with Gasteiger partial charge in [0.2, 0.25) is 5.82 Å². The summed E-state index contributed by atoms with van der Waals surface area (Å²) in [6.45, 7) is 4.48. The third kappa shape index (κ3) is 6.29. The fourth-order valence-electron chi connectivity index (χ4n) is 5.61. The first kappa shape index (κ1) is 27.5. The number of rotatable bonds is 8. The Morgan fingerprint density at radius 1 is 0.784 bits per heavy atom. The van der Waals surface area contributed by atoms with Gasteiger partial charge in [-0.05, 0) is 86.0 Å². The molecule has 2 aromatic carbocycles. The van der Waals surface area contributed by atoms with Crippen LogP contribution in [0.25, 0.3) is 0 Å². The third-order valence-corrected chi connectivity index (χ3v) is 8.01. The van der Waals surface area contributed by atoms with Gasteiger partial charge in [0.25, 0.3) is 0 Å².